The third-order valence-corrected chi connectivity index (χ3v) is 4.62. The average Bonchev–Trinajstić information content (AvgIpc) is 3.20. The Morgan fingerprint density at radius 1 is 1.05 bits per heavy atom. The van der Waals surface area contributed by atoms with Crippen LogP contribution < -0.4 is 5.73 Å². The normalized spacial score (nSPS) is 21.1. The van der Waals surface area contributed by atoms with Crippen LogP contribution in [-0.2, 0) is 0 Å². The lowest BCUT2D eigenvalue weighted by Crippen LogP contribution is -2.11. The predicted molar refractivity (Wildman–Crippen MR) is 78.2 cm³/mol. The van der Waals surface area contributed by atoms with E-state index in [0.717, 1.165) is 11.2 Å². The molecule has 0 radical (unpaired) electrons. The molecule has 1 heterocycles. The van der Waals surface area contributed by atoms with Crippen molar-refractivity contribution in [2.75, 3.05) is 5.73 Å². The van der Waals surface area contributed by atoms with Gasteiger partial charge in [0.15, 0.2) is 0 Å². The van der Waals surface area contributed by atoms with E-state index in [2.05, 4.69) is 10.6 Å². The van der Waals surface area contributed by atoms with Crippen LogP contribution in [-0.4, -0.2) is 9.55 Å². The van der Waals surface area contributed by atoms with Crippen molar-refractivity contribution in [3.63, 3.8) is 0 Å². The molecule has 2 aliphatic carbocycles. The maximum Gasteiger partial charge on any atom is 0.113 e. The maximum atomic E-state index is 5.90. The van der Waals surface area contributed by atoms with Crippen LogP contribution in [0.3, 0.4) is 0 Å². The van der Waals surface area contributed by atoms with Crippen molar-refractivity contribution in [1.29, 1.82) is 0 Å². The van der Waals surface area contributed by atoms with Gasteiger partial charge in [-0.15, -0.1) is 0 Å². The molecule has 1 aromatic heterocycles. The summed E-state index contributed by atoms with van der Waals surface area (Å²) in [5, 5.41) is 0. The second-order valence-electron chi connectivity index (χ2n) is 6.15. The lowest BCUT2D eigenvalue weighted by Gasteiger charge is -2.22. The Kier molecular flexibility index (Phi) is 2.54. The summed E-state index contributed by atoms with van der Waals surface area (Å²) in [4.78, 5) is 4.94. The highest BCUT2D eigenvalue weighted by molar-refractivity contribution is 5.80. The van der Waals surface area contributed by atoms with E-state index in [1.807, 2.05) is 12.1 Å². The number of nitrogens with zero attached hydrogens (tertiary/aromatic N) is 2. The van der Waals surface area contributed by atoms with E-state index in [1.54, 1.807) is 0 Å². The molecule has 0 atom stereocenters. The summed E-state index contributed by atoms with van der Waals surface area (Å²) in [5.41, 5.74) is 9.11. The van der Waals surface area contributed by atoms with Crippen LogP contribution in [0.25, 0.3) is 11.0 Å². The molecule has 0 saturated heterocycles. The zero-order valence-corrected chi connectivity index (χ0v) is 11.3. The van der Waals surface area contributed by atoms with E-state index >= 15 is 0 Å². The Labute approximate surface area is 113 Å². The topological polar surface area (TPSA) is 43.8 Å². The third-order valence-electron chi connectivity index (χ3n) is 4.62. The number of fused-ring (bicyclic) bond motifs is 1. The third kappa shape index (κ3) is 1.92. The van der Waals surface area contributed by atoms with Gasteiger partial charge < -0.3 is 10.3 Å². The van der Waals surface area contributed by atoms with E-state index in [4.69, 9.17) is 10.7 Å². The molecule has 2 aromatic rings. The molecule has 2 N–H and O–H groups in total. The summed E-state index contributed by atoms with van der Waals surface area (Å²) in [6.07, 6.45) is 9.37. The predicted octanol–water partition coefficient (Wildman–Crippen LogP) is 4.00. The summed E-state index contributed by atoms with van der Waals surface area (Å²) < 4.78 is 2.52. The molecule has 3 nitrogen and oxygen atoms in total. The number of nitrogens with two attached hydrogens (primary N) is 1. The number of benzene rings is 1. The highest BCUT2D eigenvalue weighted by Gasteiger charge is 2.31. The van der Waals surface area contributed by atoms with Crippen LogP contribution in [0.1, 0.15) is 62.7 Å². The molecule has 1 aromatic carbocycles. The van der Waals surface area contributed by atoms with Crippen LogP contribution in [0.4, 0.5) is 5.69 Å². The van der Waals surface area contributed by atoms with Crippen molar-refractivity contribution in [2.24, 2.45) is 0 Å². The first-order valence-electron chi connectivity index (χ1n) is 7.60. The fourth-order valence-electron chi connectivity index (χ4n) is 3.50. The fourth-order valence-corrected chi connectivity index (χ4v) is 3.50. The molecule has 0 spiro atoms. The van der Waals surface area contributed by atoms with Gasteiger partial charge in [0.2, 0.25) is 0 Å². The molecule has 2 saturated carbocycles. The number of hydrogen-bond acceptors (Lipinski definition) is 2. The molecule has 0 amide bonds. The molecule has 3 heteroatoms. The van der Waals surface area contributed by atoms with Crippen molar-refractivity contribution < 1.29 is 0 Å². The van der Waals surface area contributed by atoms with Crippen molar-refractivity contribution in [1.82, 2.24) is 9.55 Å². The van der Waals surface area contributed by atoms with Crippen molar-refractivity contribution in [3.05, 3.63) is 24.0 Å². The number of anilines is 1. The summed E-state index contributed by atoms with van der Waals surface area (Å²) in [7, 11) is 0. The van der Waals surface area contributed by atoms with Gasteiger partial charge in [-0.3, -0.25) is 0 Å². The van der Waals surface area contributed by atoms with Crippen LogP contribution in [0.5, 0.6) is 0 Å². The highest BCUT2D eigenvalue weighted by atomic mass is 15.1. The van der Waals surface area contributed by atoms with Gasteiger partial charge in [-0.05, 0) is 43.9 Å². The van der Waals surface area contributed by atoms with E-state index < -0.39 is 0 Å². The van der Waals surface area contributed by atoms with E-state index in [0.29, 0.717) is 12.0 Å². The first-order chi connectivity index (χ1) is 9.33. The SMILES string of the molecule is Nc1ccc2c(c1)nc(C1CCCCC1)n2C1CC1. The largest absolute Gasteiger partial charge is 0.399 e. The van der Waals surface area contributed by atoms with Crippen LogP contribution >= 0.6 is 0 Å². The van der Waals surface area contributed by atoms with Crippen LogP contribution in [0.2, 0.25) is 0 Å². The lowest BCUT2D eigenvalue weighted by atomic mass is 9.88. The second kappa shape index (κ2) is 4.26. The molecule has 0 aliphatic heterocycles. The minimum atomic E-state index is 0.669. The van der Waals surface area contributed by atoms with Gasteiger partial charge in [0.05, 0.1) is 11.0 Å². The van der Waals surface area contributed by atoms with Crippen LogP contribution in [0.15, 0.2) is 18.2 Å². The Morgan fingerprint density at radius 2 is 1.84 bits per heavy atom. The minimum Gasteiger partial charge on any atom is -0.399 e. The Bertz CT molecular complexity index is 604. The highest BCUT2D eigenvalue weighted by Crippen LogP contribution is 2.43. The molecular formula is C16H21N3. The summed E-state index contributed by atoms with van der Waals surface area (Å²) in [6.45, 7) is 0. The zero-order valence-electron chi connectivity index (χ0n) is 11.3. The Hall–Kier alpha value is -1.51. The van der Waals surface area contributed by atoms with Gasteiger partial charge in [0, 0.05) is 17.6 Å². The van der Waals surface area contributed by atoms with E-state index in [-0.39, 0.29) is 0 Å². The average molecular weight is 255 g/mol. The Morgan fingerprint density at radius 3 is 2.58 bits per heavy atom. The monoisotopic (exact) mass is 255 g/mol. The minimum absolute atomic E-state index is 0.669. The molecular weight excluding hydrogens is 234 g/mol. The van der Waals surface area contributed by atoms with Crippen LogP contribution in [0, 0.1) is 0 Å². The maximum absolute atomic E-state index is 5.90. The number of aromatic nitrogens is 2. The van der Waals surface area contributed by atoms with Gasteiger partial charge in [-0.25, -0.2) is 4.98 Å². The second-order valence-corrected chi connectivity index (χ2v) is 6.15. The zero-order chi connectivity index (χ0) is 12.8. The summed E-state index contributed by atoms with van der Waals surface area (Å²) in [6, 6.07) is 6.89. The first kappa shape index (κ1) is 11.3. The molecule has 2 fully saturated rings. The van der Waals surface area contributed by atoms with E-state index in [1.165, 1.54) is 56.3 Å². The van der Waals surface area contributed by atoms with Gasteiger partial charge in [-0.1, -0.05) is 19.3 Å². The molecule has 0 unspecified atom stereocenters. The van der Waals surface area contributed by atoms with Gasteiger partial charge in [0.1, 0.15) is 5.82 Å². The smallest absolute Gasteiger partial charge is 0.113 e. The summed E-state index contributed by atoms with van der Waals surface area (Å²) in [5.74, 6) is 2.01. The number of nitrogen functional groups attached to an aromatic ring is 1. The number of rotatable bonds is 2. The molecule has 4 rings (SSSR count). The molecule has 100 valence electrons. The molecule has 2 aliphatic rings. The van der Waals surface area contributed by atoms with Crippen molar-refractivity contribution in [2.45, 2.75) is 56.9 Å². The van der Waals surface area contributed by atoms with Crippen molar-refractivity contribution in [3.8, 4) is 0 Å². The number of imidazole rings is 1. The quantitative estimate of drug-likeness (QED) is 0.824. The standard InChI is InChI=1S/C16H21N3/c17-12-6-9-15-14(10-12)18-16(19(15)13-7-8-13)11-4-2-1-3-5-11/h6,9-11,13H,1-5,7-8,17H2. The summed E-state index contributed by atoms with van der Waals surface area (Å²) >= 11 is 0. The number of hydrogen-bond donors (Lipinski definition) is 1. The first-order valence-corrected chi connectivity index (χ1v) is 7.60. The van der Waals surface area contributed by atoms with Gasteiger partial charge in [-0.2, -0.15) is 0 Å². The molecule has 0 bridgehead atoms. The lowest BCUT2D eigenvalue weighted by molar-refractivity contribution is 0.417. The van der Waals surface area contributed by atoms with Crippen molar-refractivity contribution >= 4 is 16.7 Å². The van der Waals surface area contributed by atoms with E-state index in [9.17, 15) is 0 Å². The van der Waals surface area contributed by atoms with Gasteiger partial charge >= 0.3 is 0 Å². The fraction of sp³-hybridized carbons (Fsp3) is 0.562. The Balaban J connectivity index is 1.85. The molecule has 19 heavy (non-hydrogen) atoms. The van der Waals surface area contributed by atoms with Gasteiger partial charge in [0.25, 0.3) is 0 Å².